The van der Waals surface area contributed by atoms with Crippen LogP contribution in [0.3, 0.4) is 0 Å². The van der Waals surface area contributed by atoms with Gasteiger partial charge in [0.2, 0.25) is 0 Å². The van der Waals surface area contributed by atoms with Crippen molar-refractivity contribution in [3.8, 4) is 6.07 Å². The number of nitriles is 1. The zero-order valence-electron chi connectivity index (χ0n) is 6.01. The number of hydrogen-bond acceptors (Lipinski definition) is 2. The van der Waals surface area contributed by atoms with Crippen molar-refractivity contribution in [2.75, 3.05) is 13.1 Å². The topological polar surface area (TPSA) is 35.8 Å². The Labute approximate surface area is 61.2 Å². The maximum atomic E-state index is 8.66. The van der Waals surface area contributed by atoms with Gasteiger partial charge in [0, 0.05) is 0 Å². The second kappa shape index (κ2) is 2.25. The lowest BCUT2D eigenvalue weighted by atomic mass is 10.2. The summed E-state index contributed by atoms with van der Waals surface area (Å²) < 4.78 is 0. The van der Waals surface area contributed by atoms with Crippen molar-refractivity contribution < 1.29 is 0 Å². The molecule has 0 aromatic heterocycles. The predicted molar refractivity (Wildman–Crippen MR) is 38.2 cm³/mol. The van der Waals surface area contributed by atoms with Crippen LogP contribution < -0.4 is 5.32 Å². The van der Waals surface area contributed by atoms with Gasteiger partial charge in [0.15, 0.2) is 0 Å². The van der Waals surface area contributed by atoms with Crippen molar-refractivity contribution in [2.24, 2.45) is 17.8 Å². The van der Waals surface area contributed by atoms with Crippen LogP contribution in [-0.2, 0) is 0 Å². The molecule has 3 atom stereocenters. The third-order valence-electron chi connectivity index (χ3n) is 2.79. The van der Waals surface area contributed by atoms with E-state index in [1.165, 1.54) is 12.8 Å². The van der Waals surface area contributed by atoms with E-state index in [4.69, 9.17) is 5.26 Å². The first-order chi connectivity index (χ1) is 4.93. The minimum atomic E-state index is 0.419. The van der Waals surface area contributed by atoms with Gasteiger partial charge in [0.05, 0.1) is 12.0 Å². The van der Waals surface area contributed by atoms with E-state index in [2.05, 4.69) is 11.4 Å². The summed E-state index contributed by atoms with van der Waals surface area (Å²) in [5, 5.41) is 12.0. The van der Waals surface area contributed by atoms with Gasteiger partial charge in [0.25, 0.3) is 0 Å². The molecule has 2 rings (SSSR count). The van der Waals surface area contributed by atoms with E-state index < -0.39 is 0 Å². The van der Waals surface area contributed by atoms with Crippen molar-refractivity contribution in [1.29, 1.82) is 5.26 Å². The molecular formula is C8H12N2. The lowest BCUT2D eigenvalue weighted by Gasteiger charge is -1.97. The van der Waals surface area contributed by atoms with Gasteiger partial charge < -0.3 is 5.32 Å². The highest BCUT2D eigenvalue weighted by Gasteiger charge is 2.49. The average Bonchev–Trinajstić information content (AvgIpc) is 2.59. The fourth-order valence-electron chi connectivity index (χ4n) is 2.09. The van der Waals surface area contributed by atoms with Gasteiger partial charge in [0.1, 0.15) is 0 Å². The Morgan fingerprint density at radius 1 is 1.20 bits per heavy atom. The molecule has 2 fully saturated rings. The molecular weight excluding hydrogens is 124 g/mol. The van der Waals surface area contributed by atoms with E-state index in [0.29, 0.717) is 5.92 Å². The molecule has 10 heavy (non-hydrogen) atoms. The summed E-state index contributed by atoms with van der Waals surface area (Å²) in [7, 11) is 0. The monoisotopic (exact) mass is 136 g/mol. The second-order valence-corrected chi connectivity index (χ2v) is 3.31. The van der Waals surface area contributed by atoms with Gasteiger partial charge in [-0.2, -0.15) is 5.26 Å². The van der Waals surface area contributed by atoms with Crippen molar-refractivity contribution in [3.05, 3.63) is 0 Å². The largest absolute Gasteiger partial charge is 0.317 e. The van der Waals surface area contributed by atoms with Gasteiger partial charge in [-0.1, -0.05) is 0 Å². The molecule has 2 aliphatic rings. The minimum Gasteiger partial charge on any atom is -0.317 e. The third kappa shape index (κ3) is 0.819. The van der Waals surface area contributed by atoms with Crippen LogP contribution in [0.5, 0.6) is 0 Å². The summed E-state index contributed by atoms with van der Waals surface area (Å²) in [6.07, 6.45) is 2.45. The SMILES string of the molecule is N#CC1[C@H]2CCNCC[C@@H]12. The molecule has 0 bridgehead atoms. The van der Waals surface area contributed by atoms with E-state index in [1.54, 1.807) is 0 Å². The maximum Gasteiger partial charge on any atom is 0.0661 e. The first-order valence-electron chi connectivity index (χ1n) is 4.04. The van der Waals surface area contributed by atoms with Gasteiger partial charge in [-0.15, -0.1) is 0 Å². The van der Waals surface area contributed by atoms with Crippen LogP contribution >= 0.6 is 0 Å². The summed E-state index contributed by atoms with van der Waals surface area (Å²) in [5.41, 5.74) is 0. The van der Waals surface area contributed by atoms with E-state index in [-0.39, 0.29) is 0 Å². The van der Waals surface area contributed by atoms with E-state index in [1.807, 2.05) is 0 Å². The highest BCUT2D eigenvalue weighted by Crippen LogP contribution is 2.50. The van der Waals surface area contributed by atoms with Crippen LogP contribution in [0.4, 0.5) is 0 Å². The highest BCUT2D eigenvalue weighted by molar-refractivity contribution is 5.09. The van der Waals surface area contributed by atoms with Crippen molar-refractivity contribution >= 4 is 0 Å². The van der Waals surface area contributed by atoms with Crippen LogP contribution in [0.1, 0.15) is 12.8 Å². The normalized spacial score (nSPS) is 44.9. The van der Waals surface area contributed by atoms with Crippen molar-refractivity contribution in [1.82, 2.24) is 5.32 Å². The van der Waals surface area contributed by atoms with Crippen LogP contribution in [0.15, 0.2) is 0 Å². The zero-order valence-corrected chi connectivity index (χ0v) is 6.01. The molecule has 1 saturated heterocycles. The van der Waals surface area contributed by atoms with E-state index in [0.717, 1.165) is 24.9 Å². The summed E-state index contributed by atoms with van der Waals surface area (Å²) in [6, 6.07) is 2.38. The summed E-state index contributed by atoms with van der Waals surface area (Å²) in [5.74, 6) is 1.92. The Kier molecular flexibility index (Phi) is 1.39. The minimum absolute atomic E-state index is 0.419. The van der Waals surface area contributed by atoms with E-state index >= 15 is 0 Å². The molecule has 1 saturated carbocycles. The number of rotatable bonds is 0. The number of fused-ring (bicyclic) bond motifs is 1. The molecule has 2 nitrogen and oxygen atoms in total. The molecule has 1 aliphatic heterocycles. The van der Waals surface area contributed by atoms with Crippen molar-refractivity contribution in [2.45, 2.75) is 12.8 Å². The number of hydrogen-bond donors (Lipinski definition) is 1. The molecule has 0 aromatic rings. The third-order valence-corrected chi connectivity index (χ3v) is 2.79. The molecule has 1 unspecified atom stereocenters. The van der Waals surface area contributed by atoms with E-state index in [9.17, 15) is 0 Å². The zero-order chi connectivity index (χ0) is 6.97. The Morgan fingerprint density at radius 3 is 2.30 bits per heavy atom. The predicted octanol–water partition coefficient (Wildman–Crippen LogP) is 0.756. The van der Waals surface area contributed by atoms with Crippen LogP contribution in [-0.4, -0.2) is 13.1 Å². The molecule has 2 heteroatoms. The summed E-state index contributed by atoms with van der Waals surface area (Å²) in [6.45, 7) is 2.25. The summed E-state index contributed by atoms with van der Waals surface area (Å²) in [4.78, 5) is 0. The van der Waals surface area contributed by atoms with Crippen LogP contribution in [0.2, 0.25) is 0 Å². The standard InChI is InChI=1S/C8H12N2/c9-5-8-6-1-3-10-4-2-7(6)8/h6-8,10H,1-4H2/t6-,7+,8?. The second-order valence-electron chi connectivity index (χ2n) is 3.31. The number of nitrogens with one attached hydrogen (secondary N) is 1. The van der Waals surface area contributed by atoms with Gasteiger partial charge in [-0.05, 0) is 37.8 Å². The smallest absolute Gasteiger partial charge is 0.0661 e. The lowest BCUT2D eigenvalue weighted by Crippen LogP contribution is -2.15. The molecule has 0 radical (unpaired) electrons. The molecule has 0 amide bonds. The first kappa shape index (κ1) is 6.18. The Morgan fingerprint density at radius 2 is 1.80 bits per heavy atom. The quantitative estimate of drug-likeness (QED) is 0.533. The maximum absolute atomic E-state index is 8.66. The van der Waals surface area contributed by atoms with Crippen LogP contribution in [0, 0.1) is 29.1 Å². The fraction of sp³-hybridized carbons (Fsp3) is 0.875. The number of nitrogens with zero attached hydrogens (tertiary/aromatic N) is 1. The van der Waals surface area contributed by atoms with Gasteiger partial charge in [-0.25, -0.2) is 0 Å². The molecule has 1 heterocycles. The first-order valence-corrected chi connectivity index (χ1v) is 4.04. The molecule has 54 valence electrons. The summed E-state index contributed by atoms with van der Waals surface area (Å²) >= 11 is 0. The Bertz CT molecular complexity index is 159. The van der Waals surface area contributed by atoms with Crippen molar-refractivity contribution in [3.63, 3.8) is 0 Å². The Balaban J connectivity index is 1.96. The highest BCUT2D eigenvalue weighted by atomic mass is 14.9. The Hall–Kier alpha value is -0.550. The average molecular weight is 136 g/mol. The van der Waals surface area contributed by atoms with Gasteiger partial charge >= 0.3 is 0 Å². The molecule has 1 aliphatic carbocycles. The fourth-order valence-corrected chi connectivity index (χ4v) is 2.09. The molecule has 0 aromatic carbocycles. The van der Waals surface area contributed by atoms with Crippen LogP contribution in [0.25, 0.3) is 0 Å². The molecule has 1 N–H and O–H groups in total. The van der Waals surface area contributed by atoms with Gasteiger partial charge in [-0.3, -0.25) is 0 Å². The molecule has 0 spiro atoms. The lowest BCUT2D eigenvalue weighted by molar-refractivity contribution is 0.624.